The van der Waals surface area contributed by atoms with Crippen LogP contribution in [0.25, 0.3) is 11.0 Å². The van der Waals surface area contributed by atoms with Crippen LogP contribution in [-0.4, -0.2) is 15.4 Å². The van der Waals surface area contributed by atoms with E-state index in [0.29, 0.717) is 11.9 Å². The van der Waals surface area contributed by atoms with Gasteiger partial charge >= 0.3 is 0 Å². The van der Waals surface area contributed by atoms with Crippen LogP contribution in [0, 0.1) is 5.92 Å². The van der Waals surface area contributed by atoms with E-state index in [-0.39, 0.29) is 0 Å². The van der Waals surface area contributed by atoms with E-state index in [1.54, 1.807) is 0 Å². The highest BCUT2D eigenvalue weighted by molar-refractivity contribution is 6.35. The number of aromatic nitrogens is 2. The molecule has 0 aliphatic heterocycles. The molecule has 0 saturated heterocycles. The third-order valence-corrected chi connectivity index (χ3v) is 5.04. The number of hydrogen-bond donors (Lipinski definition) is 0. The van der Waals surface area contributed by atoms with Gasteiger partial charge in [-0.25, -0.2) is 4.98 Å². The van der Waals surface area contributed by atoms with Crippen LogP contribution < -0.4 is 0 Å². The fourth-order valence-corrected chi connectivity index (χ4v) is 3.93. The minimum atomic E-state index is 0.445. The largest absolute Gasteiger partial charge is 0.324 e. The fraction of sp³-hybridized carbons (Fsp3) is 0.562. The summed E-state index contributed by atoms with van der Waals surface area (Å²) in [6, 6.07) is 6.40. The van der Waals surface area contributed by atoms with Crippen LogP contribution in [0.4, 0.5) is 0 Å². The van der Waals surface area contributed by atoms with Gasteiger partial charge in [0.15, 0.2) is 0 Å². The van der Waals surface area contributed by atoms with Crippen molar-refractivity contribution in [2.45, 2.75) is 45.1 Å². The summed E-state index contributed by atoms with van der Waals surface area (Å²) >= 11 is 12.4. The van der Waals surface area contributed by atoms with Gasteiger partial charge in [0.1, 0.15) is 5.82 Å². The predicted octanol–water partition coefficient (Wildman–Crippen LogP) is 5.22. The highest BCUT2D eigenvalue weighted by atomic mass is 35.5. The predicted molar refractivity (Wildman–Crippen MR) is 85.8 cm³/mol. The van der Waals surface area contributed by atoms with Crippen LogP contribution in [0.3, 0.4) is 0 Å². The molecular formula is C16H20Cl2N2. The number of rotatable bonds is 4. The summed E-state index contributed by atoms with van der Waals surface area (Å²) < 4.78 is 2.34. The van der Waals surface area contributed by atoms with Gasteiger partial charge in [-0.1, -0.05) is 30.5 Å². The van der Waals surface area contributed by atoms with E-state index < -0.39 is 0 Å². The number of aryl methyl sites for hydroxylation is 1. The molecule has 0 bridgehead atoms. The number of benzene rings is 1. The smallest absolute Gasteiger partial charge is 0.111 e. The molecule has 1 aliphatic rings. The van der Waals surface area contributed by atoms with Gasteiger partial charge in [-0.15, -0.1) is 11.6 Å². The lowest BCUT2D eigenvalue weighted by molar-refractivity contribution is 0.360. The van der Waals surface area contributed by atoms with Gasteiger partial charge in [-0.3, -0.25) is 0 Å². The third-order valence-electron chi connectivity index (χ3n) is 4.54. The Balaban J connectivity index is 2.12. The Labute approximate surface area is 130 Å². The zero-order chi connectivity index (χ0) is 14.1. The molecule has 1 atom stereocenters. The SMILES string of the molecule is CC(C1CCCC1)n1c(CCCl)nc2cccc(Cl)c21. The molecule has 1 unspecified atom stereocenters. The van der Waals surface area contributed by atoms with E-state index in [1.807, 2.05) is 18.2 Å². The number of halogens is 2. The molecule has 1 saturated carbocycles. The molecule has 3 rings (SSSR count). The molecule has 1 heterocycles. The number of alkyl halides is 1. The average Bonchev–Trinajstić information content (AvgIpc) is 3.06. The first-order chi connectivity index (χ1) is 9.72. The molecule has 0 amide bonds. The van der Waals surface area contributed by atoms with Crippen molar-refractivity contribution < 1.29 is 0 Å². The summed E-state index contributed by atoms with van der Waals surface area (Å²) in [5, 5.41) is 0.792. The van der Waals surface area contributed by atoms with Crippen molar-refractivity contribution in [3.8, 4) is 0 Å². The molecule has 4 heteroatoms. The van der Waals surface area contributed by atoms with Crippen molar-refractivity contribution in [2.24, 2.45) is 5.92 Å². The number of imidazole rings is 1. The molecule has 20 heavy (non-hydrogen) atoms. The first-order valence-corrected chi connectivity index (χ1v) is 8.35. The van der Waals surface area contributed by atoms with E-state index in [4.69, 9.17) is 28.2 Å². The number of fused-ring (bicyclic) bond motifs is 1. The zero-order valence-electron chi connectivity index (χ0n) is 11.8. The van der Waals surface area contributed by atoms with Crippen molar-refractivity contribution >= 4 is 34.2 Å². The molecule has 0 radical (unpaired) electrons. The lowest BCUT2D eigenvalue weighted by Gasteiger charge is -2.23. The summed E-state index contributed by atoms with van der Waals surface area (Å²) in [6.45, 7) is 2.30. The first kappa shape index (κ1) is 14.2. The first-order valence-electron chi connectivity index (χ1n) is 7.43. The van der Waals surface area contributed by atoms with Crippen molar-refractivity contribution in [3.05, 3.63) is 29.0 Å². The lowest BCUT2D eigenvalue weighted by Crippen LogP contribution is -2.17. The van der Waals surface area contributed by atoms with E-state index in [0.717, 1.165) is 34.2 Å². The monoisotopic (exact) mass is 310 g/mol. The highest BCUT2D eigenvalue weighted by Gasteiger charge is 2.26. The molecule has 0 N–H and O–H groups in total. The van der Waals surface area contributed by atoms with Gasteiger partial charge in [0.05, 0.1) is 16.1 Å². The summed E-state index contributed by atoms with van der Waals surface area (Å²) in [5.41, 5.74) is 2.07. The summed E-state index contributed by atoms with van der Waals surface area (Å²) in [5.74, 6) is 2.40. The summed E-state index contributed by atoms with van der Waals surface area (Å²) in [4.78, 5) is 4.75. The Morgan fingerprint density at radius 2 is 2.10 bits per heavy atom. The van der Waals surface area contributed by atoms with Crippen LogP contribution >= 0.6 is 23.2 Å². The Morgan fingerprint density at radius 3 is 2.80 bits per heavy atom. The lowest BCUT2D eigenvalue weighted by atomic mass is 9.99. The Bertz CT molecular complexity index is 600. The Morgan fingerprint density at radius 1 is 1.35 bits per heavy atom. The van der Waals surface area contributed by atoms with Gasteiger partial charge in [0.2, 0.25) is 0 Å². The molecular weight excluding hydrogens is 291 g/mol. The van der Waals surface area contributed by atoms with Crippen LogP contribution in [0.15, 0.2) is 18.2 Å². The molecule has 108 valence electrons. The van der Waals surface area contributed by atoms with Gasteiger partial charge in [0.25, 0.3) is 0 Å². The van der Waals surface area contributed by atoms with Gasteiger partial charge in [0, 0.05) is 18.3 Å². The molecule has 0 spiro atoms. The third kappa shape index (κ3) is 2.44. The normalized spacial score (nSPS) is 17.9. The van der Waals surface area contributed by atoms with Crippen molar-refractivity contribution in [1.82, 2.24) is 9.55 Å². The van der Waals surface area contributed by atoms with Gasteiger partial charge in [-0.05, 0) is 37.8 Å². The van der Waals surface area contributed by atoms with Crippen LogP contribution in [0.1, 0.15) is 44.5 Å². The maximum Gasteiger partial charge on any atom is 0.111 e. The minimum Gasteiger partial charge on any atom is -0.324 e. The number of hydrogen-bond acceptors (Lipinski definition) is 1. The van der Waals surface area contributed by atoms with Crippen LogP contribution in [0.5, 0.6) is 0 Å². The van der Waals surface area contributed by atoms with Crippen molar-refractivity contribution in [2.75, 3.05) is 5.88 Å². The maximum absolute atomic E-state index is 6.43. The molecule has 1 aliphatic carbocycles. The minimum absolute atomic E-state index is 0.445. The Kier molecular flexibility index (Phi) is 4.23. The van der Waals surface area contributed by atoms with Crippen LogP contribution in [-0.2, 0) is 6.42 Å². The Hall–Kier alpha value is -0.730. The second-order valence-corrected chi connectivity index (χ2v) is 6.51. The van der Waals surface area contributed by atoms with E-state index in [9.17, 15) is 0 Å². The summed E-state index contributed by atoms with van der Waals surface area (Å²) in [7, 11) is 0. The van der Waals surface area contributed by atoms with Gasteiger partial charge < -0.3 is 4.57 Å². The number of para-hydroxylation sites is 1. The molecule has 2 nitrogen and oxygen atoms in total. The van der Waals surface area contributed by atoms with Crippen LogP contribution in [0.2, 0.25) is 5.02 Å². The van der Waals surface area contributed by atoms with E-state index >= 15 is 0 Å². The second kappa shape index (κ2) is 5.95. The quantitative estimate of drug-likeness (QED) is 0.708. The summed E-state index contributed by atoms with van der Waals surface area (Å²) in [6.07, 6.45) is 6.11. The fourth-order valence-electron chi connectivity index (χ4n) is 3.50. The molecule has 1 aromatic carbocycles. The average molecular weight is 311 g/mol. The van der Waals surface area contributed by atoms with Gasteiger partial charge in [-0.2, -0.15) is 0 Å². The van der Waals surface area contributed by atoms with Crippen molar-refractivity contribution in [3.63, 3.8) is 0 Å². The molecule has 1 fully saturated rings. The van der Waals surface area contributed by atoms with E-state index in [2.05, 4.69) is 11.5 Å². The second-order valence-electron chi connectivity index (χ2n) is 5.73. The topological polar surface area (TPSA) is 17.8 Å². The highest BCUT2D eigenvalue weighted by Crippen LogP contribution is 2.38. The van der Waals surface area contributed by atoms with E-state index in [1.165, 1.54) is 25.7 Å². The maximum atomic E-state index is 6.43. The van der Waals surface area contributed by atoms with Crippen molar-refractivity contribution in [1.29, 1.82) is 0 Å². The molecule has 2 aromatic rings. The zero-order valence-corrected chi connectivity index (χ0v) is 13.3. The number of nitrogens with zero attached hydrogens (tertiary/aromatic N) is 2. The standard InChI is InChI=1S/C16H20Cl2N2/c1-11(12-5-2-3-6-12)20-15(9-10-17)19-14-8-4-7-13(18)16(14)20/h4,7-8,11-12H,2-3,5-6,9-10H2,1H3. The molecule has 1 aromatic heterocycles.